The van der Waals surface area contributed by atoms with E-state index in [1.807, 2.05) is 24.3 Å². The van der Waals surface area contributed by atoms with Gasteiger partial charge in [-0.25, -0.2) is 14.8 Å². The normalized spacial score (nSPS) is 10.5. The molecule has 2 rings (SSSR count). The molecule has 1 aromatic carbocycles. The molecular weight excluding hydrogens is 242 g/mol. The molecule has 2 aromatic rings. The Morgan fingerprint density at radius 3 is 2.68 bits per heavy atom. The molecule has 5 nitrogen and oxygen atoms in total. The van der Waals surface area contributed by atoms with Gasteiger partial charge in [0.25, 0.3) is 0 Å². The summed E-state index contributed by atoms with van der Waals surface area (Å²) in [5, 5.41) is 12.0. The minimum absolute atomic E-state index is 0.216. The molecule has 0 radical (unpaired) electrons. The minimum atomic E-state index is -1.14. The Labute approximate surface area is 111 Å². The summed E-state index contributed by atoms with van der Waals surface area (Å²) in [5.74, 6) is -0.516. The predicted molar refractivity (Wildman–Crippen MR) is 72.8 cm³/mol. The number of nitrogens with zero attached hydrogens (tertiary/aromatic N) is 2. The number of carboxylic acid groups (broad SMARTS) is 1. The van der Waals surface area contributed by atoms with Crippen molar-refractivity contribution >= 4 is 17.5 Å². The highest BCUT2D eigenvalue weighted by atomic mass is 16.4. The number of carboxylic acids is 1. The van der Waals surface area contributed by atoms with Gasteiger partial charge in [0.2, 0.25) is 5.82 Å². The molecule has 19 heavy (non-hydrogen) atoms. The lowest BCUT2D eigenvalue weighted by atomic mass is 10.0. The highest BCUT2D eigenvalue weighted by Crippen LogP contribution is 2.25. The number of benzene rings is 1. The number of carbonyl (C=O) groups is 1. The summed E-state index contributed by atoms with van der Waals surface area (Å²) in [6, 6.07) is 9.52. The number of hydrogen-bond donors (Lipinski definition) is 2. The van der Waals surface area contributed by atoms with Crippen molar-refractivity contribution in [1.82, 2.24) is 9.97 Å². The van der Waals surface area contributed by atoms with Gasteiger partial charge in [-0.2, -0.15) is 0 Å². The van der Waals surface area contributed by atoms with Crippen molar-refractivity contribution < 1.29 is 9.90 Å². The standard InChI is InChI=1S/C14H15N3O2/c1-9(2)10-5-3-4-6-11(10)16-12-7-8-15-13(17-12)14(18)19/h3-9H,1-2H3,(H,18,19)(H,15,16,17). The summed E-state index contributed by atoms with van der Waals surface area (Å²) in [6.45, 7) is 4.20. The molecule has 0 saturated heterocycles. The lowest BCUT2D eigenvalue weighted by Crippen LogP contribution is -2.06. The van der Waals surface area contributed by atoms with Crippen molar-refractivity contribution in [2.75, 3.05) is 5.32 Å². The fraction of sp³-hybridized carbons (Fsp3) is 0.214. The minimum Gasteiger partial charge on any atom is -0.475 e. The Kier molecular flexibility index (Phi) is 3.75. The second kappa shape index (κ2) is 5.48. The second-order valence-electron chi connectivity index (χ2n) is 4.44. The topological polar surface area (TPSA) is 75.1 Å². The SMILES string of the molecule is CC(C)c1ccccc1Nc1ccnc(C(=O)O)n1. The van der Waals surface area contributed by atoms with Gasteiger partial charge >= 0.3 is 5.97 Å². The van der Waals surface area contributed by atoms with Crippen LogP contribution in [0.25, 0.3) is 0 Å². The third-order valence-electron chi connectivity index (χ3n) is 2.69. The molecule has 1 aromatic heterocycles. The van der Waals surface area contributed by atoms with Gasteiger partial charge in [-0.15, -0.1) is 0 Å². The van der Waals surface area contributed by atoms with E-state index in [1.165, 1.54) is 6.20 Å². The van der Waals surface area contributed by atoms with Gasteiger partial charge in [-0.05, 0) is 23.6 Å². The molecule has 0 bridgehead atoms. The third-order valence-corrected chi connectivity index (χ3v) is 2.69. The van der Waals surface area contributed by atoms with Crippen molar-refractivity contribution in [2.45, 2.75) is 19.8 Å². The van der Waals surface area contributed by atoms with Gasteiger partial charge in [0.05, 0.1) is 0 Å². The molecule has 0 amide bonds. The van der Waals surface area contributed by atoms with E-state index in [2.05, 4.69) is 29.1 Å². The van der Waals surface area contributed by atoms with Gasteiger partial charge < -0.3 is 10.4 Å². The van der Waals surface area contributed by atoms with Gasteiger partial charge in [-0.3, -0.25) is 0 Å². The van der Waals surface area contributed by atoms with Gasteiger partial charge in [0.15, 0.2) is 0 Å². The van der Waals surface area contributed by atoms with E-state index in [0.29, 0.717) is 11.7 Å². The van der Waals surface area contributed by atoms with Crippen LogP contribution >= 0.6 is 0 Å². The van der Waals surface area contributed by atoms with E-state index < -0.39 is 5.97 Å². The first kappa shape index (κ1) is 13.0. The first-order chi connectivity index (χ1) is 9.08. The van der Waals surface area contributed by atoms with Crippen LogP contribution in [0.2, 0.25) is 0 Å². The lowest BCUT2D eigenvalue weighted by molar-refractivity contribution is 0.0683. The predicted octanol–water partition coefficient (Wildman–Crippen LogP) is 3.04. The molecule has 0 aliphatic rings. The Morgan fingerprint density at radius 1 is 1.26 bits per heavy atom. The fourth-order valence-electron chi connectivity index (χ4n) is 1.78. The Morgan fingerprint density at radius 2 is 2.00 bits per heavy atom. The highest BCUT2D eigenvalue weighted by Gasteiger charge is 2.09. The van der Waals surface area contributed by atoms with E-state index in [-0.39, 0.29) is 5.82 Å². The number of nitrogens with one attached hydrogen (secondary N) is 1. The van der Waals surface area contributed by atoms with Crippen LogP contribution in [0.5, 0.6) is 0 Å². The molecule has 0 aliphatic carbocycles. The van der Waals surface area contributed by atoms with Crippen molar-refractivity contribution in [1.29, 1.82) is 0 Å². The van der Waals surface area contributed by atoms with Crippen LogP contribution in [-0.4, -0.2) is 21.0 Å². The maximum atomic E-state index is 10.8. The lowest BCUT2D eigenvalue weighted by Gasteiger charge is -2.13. The van der Waals surface area contributed by atoms with Crippen LogP contribution in [-0.2, 0) is 0 Å². The van der Waals surface area contributed by atoms with Crippen LogP contribution < -0.4 is 5.32 Å². The van der Waals surface area contributed by atoms with E-state index in [9.17, 15) is 4.79 Å². The molecule has 0 saturated carbocycles. The molecule has 0 aliphatic heterocycles. The maximum absolute atomic E-state index is 10.8. The maximum Gasteiger partial charge on any atom is 0.374 e. The first-order valence-electron chi connectivity index (χ1n) is 6.00. The number of hydrogen-bond acceptors (Lipinski definition) is 4. The summed E-state index contributed by atoms with van der Waals surface area (Å²) in [5.41, 5.74) is 2.07. The molecule has 1 heterocycles. The summed E-state index contributed by atoms with van der Waals surface area (Å²) in [4.78, 5) is 18.5. The van der Waals surface area contributed by atoms with Crippen LogP contribution in [0.15, 0.2) is 36.5 Å². The molecule has 0 spiro atoms. The van der Waals surface area contributed by atoms with Crippen molar-refractivity contribution in [3.63, 3.8) is 0 Å². The molecule has 0 atom stereocenters. The molecular formula is C14H15N3O2. The Hall–Kier alpha value is -2.43. The zero-order valence-electron chi connectivity index (χ0n) is 10.8. The van der Waals surface area contributed by atoms with Crippen molar-refractivity contribution in [3.05, 3.63) is 47.9 Å². The van der Waals surface area contributed by atoms with E-state index in [4.69, 9.17) is 5.11 Å². The highest BCUT2D eigenvalue weighted by molar-refractivity contribution is 5.83. The number of rotatable bonds is 4. The average Bonchev–Trinajstić information content (AvgIpc) is 2.39. The van der Waals surface area contributed by atoms with E-state index in [0.717, 1.165) is 11.3 Å². The van der Waals surface area contributed by atoms with E-state index in [1.54, 1.807) is 6.07 Å². The average molecular weight is 257 g/mol. The van der Waals surface area contributed by atoms with Gasteiger partial charge in [0.1, 0.15) is 5.82 Å². The second-order valence-corrected chi connectivity index (χ2v) is 4.44. The van der Waals surface area contributed by atoms with Crippen molar-refractivity contribution in [3.8, 4) is 0 Å². The van der Waals surface area contributed by atoms with E-state index >= 15 is 0 Å². The molecule has 98 valence electrons. The Balaban J connectivity index is 2.31. The number of aromatic carboxylic acids is 1. The zero-order valence-corrected chi connectivity index (χ0v) is 10.8. The molecule has 0 unspecified atom stereocenters. The zero-order chi connectivity index (χ0) is 13.8. The third kappa shape index (κ3) is 3.07. The molecule has 0 fully saturated rings. The summed E-state index contributed by atoms with van der Waals surface area (Å²) < 4.78 is 0. The Bertz CT molecular complexity index is 597. The number of anilines is 2. The van der Waals surface area contributed by atoms with Gasteiger partial charge in [0, 0.05) is 11.9 Å². The number of para-hydroxylation sites is 1. The van der Waals surface area contributed by atoms with Crippen LogP contribution in [0, 0.1) is 0 Å². The van der Waals surface area contributed by atoms with Crippen LogP contribution in [0.3, 0.4) is 0 Å². The molecule has 5 heteroatoms. The van der Waals surface area contributed by atoms with Gasteiger partial charge in [-0.1, -0.05) is 32.0 Å². The number of aromatic nitrogens is 2. The summed E-state index contributed by atoms with van der Waals surface area (Å²) >= 11 is 0. The summed E-state index contributed by atoms with van der Waals surface area (Å²) in [7, 11) is 0. The monoisotopic (exact) mass is 257 g/mol. The quantitative estimate of drug-likeness (QED) is 0.880. The molecule has 2 N–H and O–H groups in total. The largest absolute Gasteiger partial charge is 0.475 e. The van der Waals surface area contributed by atoms with Crippen LogP contribution in [0.4, 0.5) is 11.5 Å². The smallest absolute Gasteiger partial charge is 0.374 e. The first-order valence-corrected chi connectivity index (χ1v) is 6.00. The fourth-order valence-corrected chi connectivity index (χ4v) is 1.78. The van der Waals surface area contributed by atoms with Crippen LogP contribution in [0.1, 0.15) is 35.9 Å². The summed E-state index contributed by atoms with van der Waals surface area (Å²) in [6.07, 6.45) is 1.43. The van der Waals surface area contributed by atoms with Crippen molar-refractivity contribution in [2.24, 2.45) is 0 Å².